The van der Waals surface area contributed by atoms with Crippen molar-refractivity contribution in [1.29, 1.82) is 0 Å². The lowest BCUT2D eigenvalue weighted by Gasteiger charge is -2.34. The molecule has 4 nitrogen and oxygen atoms in total. The van der Waals surface area contributed by atoms with Crippen molar-refractivity contribution in [2.45, 2.75) is 52.1 Å². The van der Waals surface area contributed by atoms with Gasteiger partial charge in [-0.05, 0) is 39.7 Å². The van der Waals surface area contributed by atoms with Gasteiger partial charge in [-0.2, -0.15) is 5.10 Å². The molecule has 4 heteroatoms. The summed E-state index contributed by atoms with van der Waals surface area (Å²) in [5, 5.41) is 8.06. The first kappa shape index (κ1) is 13.4. The highest BCUT2D eigenvalue weighted by Gasteiger charge is 2.20. The first-order chi connectivity index (χ1) is 8.70. The Bertz CT molecular complexity index is 358. The molecular formula is C14H26N4. The van der Waals surface area contributed by atoms with Crippen LogP contribution in [-0.4, -0.2) is 35.5 Å². The summed E-state index contributed by atoms with van der Waals surface area (Å²) in [6, 6.07) is 1.08. The van der Waals surface area contributed by atoms with E-state index >= 15 is 0 Å². The zero-order valence-corrected chi connectivity index (χ0v) is 11.9. The molecule has 1 aromatic rings. The number of hydrogen-bond donors (Lipinski definition) is 1. The molecule has 102 valence electrons. The van der Waals surface area contributed by atoms with E-state index in [9.17, 15) is 0 Å². The van der Waals surface area contributed by atoms with Gasteiger partial charge >= 0.3 is 0 Å². The molecule has 1 atom stereocenters. The molecule has 1 N–H and O–H groups in total. The molecule has 18 heavy (non-hydrogen) atoms. The summed E-state index contributed by atoms with van der Waals surface area (Å²) in [5.41, 5.74) is 1.27. The molecule has 1 unspecified atom stereocenters. The van der Waals surface area contributed by atoms with Gasteiger partial charge in [-0.25, -0.2) is 0 Å². The monoisotopic (exact) mass is 250 g/mol. The zero-order chi connectivity index (χ0) is 13.0. The number of nitrogens with one attached hydrogen (secondary N) is 1. The molecule has 0 aromatic carbocycles. The predicted octanol–water partition coefficient (Wildman–Crippen LogP) is 2.43. The normalized spacial score (nSPS) is 20.7. The first-order valence-electron chi connectivity index (χ1n) is 7.23. The van der Waals surface area contributed by atoms with E-state index in [1.807, 2.05) is 10.9 Å². The zero-order valence-electron chi connectivity index (χ0n) is 11.9. The molecule has 1 aliphatic rings. The number of aromatic nitrogens is 2. The Balaban J connectivity index is 1.94. The minimum atomic E-state index is 0.442. The van der Waals surface area contributed by atoms with E-state index in [1.165, 1.54) is 24.9 Å². The van der Waals surface area contributed by atoms with Gasteiger partial charge in [-0.3, -0.25) is 4.68 Å². The summed E-state index contributed by atoms with van der Waals surface area (Å²) >= 11 is 0. The molecule has 0 radical (unpaired) electrons. The fraction of sp³-hybridized carbons (Fsp3) is 0.786. The van der Waals surface area contributed by atoms with Crippen molar-refractivity contribution in [3.8, 4) is 0 Å². The lowest BCUT2D eigenvalue weighted by molar-refractivity contribution is 0.423. The van der Waals surface area contributed by atoms with Gasteiger partial charge in [0.25, 0.3) is 0 Å². The van der Waals surface area contributed by atoms with E-state index in [0.717, 1.165) is 19.6 Å². The quantitative estimate of drug-likeness (QED) is 0.871. The minimum absolute atomic E-state index is 0.442. The maximum absolute atomic E-state index is 4.43. The number of rotatable bonds is 5. The van der Waals surface area contributed by atoms with Crippen LogP contribution < -0.4 is 10.2 Å². The molecule has 0 bridgehead atoms. The van der Waals surface area contributed by atoms with Crippen LogP contribution in [0.15, 0.2) is 12.4 Å². The second-order valence-corrected chi connectivity index (χ2v) is 5.51. The second kappa shape index (κ2) is 6.23. The predicted molar refractivity (Wildman–Crippen MR) is 76.1 cm³/mol. The van der Waals surface area contributed by atoms with Crippen molar-refractivity contribution in [2.75, 3.05) is 24.5 Å². The van der Waals surface area contributed by atoms with Crippen molar-refractivity contribution in [2.24, 2.45) is 0 Å². The van der Waals surface area contributed by atoms with Crippen molar-refractivity contribution < 1.29 is 0 Å². The maximum atomic E-state index is 4.43. The number of nitrogens with zero attached hydrogens (tertiary/aromatic N) is 3. The van der Waals surface area contributed by atoms with E-state index in [2.05, 4.69) is 42.3 Å². The largest absolute Gasteiger partial charge is 0.367 e. The highest BCUT2D eigenvalue weighted by atomic mass is 15.3. The van der Waals surface area contributed by atoms with E-state index in [4.69, 9.17) is 0 Å². The van der Waals surface area contributed by atoms with Crippen LogP contribution >= 0.6 is 0 Å². The lowest BCUT2D eigenvalue weighted by atomic mass is 10.1. The van der Waals surface area contributed by atoms with E-state index in [-0.39, 0.29) is 0 Å². The summed E-state index contributed by atoms with van der Waals surface area (Å²) in [6.45, 7) is 9.96. The highest BCUT2D eigenvalue weighted by molar-refractivity contribution is 5.43. The Morgan fingerprint density at radius 1 is 1.50 bits per heavy atom. The van der Waals surface area contributed by atoms with Crippen LogP contribution in [0, 0.1) is 0 Å². The Kier molecular flexibility index (Phi) is 4.64. The molecular weight excluding hydrogens is 224 g/mol. The third-order valence-electron chi connectivity index (χ3n) is 3.59. The molecule has 0 amide bonds. The van der Waals surface area contributed by atoms with Gasteiger partial charge in [-0.15, -0.1) is 0 Å². The van der Waals surface area contributed by atoms with Crippen molar-refractivity contribution in [3.63, 3.8) is 0 Å². The highest BCUT2D eigenvalue weighted by Crippen LogP contribution is 2.20. The van der Waals surface area contributed by atoms with Gasteiger partial charge in [0.2, 0.25) is 0 Å². The number of hydrogen-bond acceptors (Lipinski definition) is 3. The Morgan fingerprint density at radius 2 is 2.33 bits per heavy atom. The Hall–Kier alpha value is -1.03. The lowest BCUT2D eigenvalue weighted by Crippen LogP contribution is -2.45. The molecule has 1 saturated heterocycles. The van der Waals surface area contributed by atoms with Gasteiger partial charge in [0.05, 0.1) is 11.9 Å². The summed E-state index contributed by atoms with van der Waals surface area (Å²) in [7, 11) is 0. The van der Waals surface area contributed by atoms with E-state index in [0.29, 0.717) is 12.1 Å². The van der Waals surface area contributed by atoms with Crippen molar-refractivity contribution in [3.05, 3.63) is 12.4 Å². The van der Waals surface area contributed by atoms with Crippen LogP contribution in [0.2, 0.25) is 0 Å². The van der Waals surface area contributed by atoms with Gasteiger partial charge in [0, 0.05) is 31.4 Å². The van der Waals surface area contributed by atoms with E-state index < -0.39 is 0 Å². The topological polar surface area (TPSA) is 33.1 Å². The maximum Gasteiger partial charge on any atom is 0.0753 e. The Labute approximate surface area is 110 Å². The van der Waals surface area contributed by atoms with Gasteiger partial charge in [-0.1, -0.05) is 6.92 Å². The van der Waals surface area contributed by atoms with Crippen LogP contribution in [0.4, 0.5) is 5.69 Å². The van der Waals surface area contributed by atoms with Crippen LogP contribution in [-0.2, 0) is 0 Å². The van der Waals surface area contributed by atoms with Gasteiger partial charge in [0.1, 0.15) is 0 Å². The first-order valence-corrected chi connectivity index (χ1v) is 7.23. The number of anilines is 1. The van der Waals surface area contributed by atoms with Crippen molar-refractivity contribution in [1.82, 2.24) is 15.1 Å². The fourth-order valence-electron chi connectivity index (χ4n) is 2.50. The second-order valence-electron chi connectivity index (χ2n) is 5.51. The molecule has 2 rings (SSSR count). The molecule has 1 aliphatic heterocycles. The van der Waals surface area contributed by atoms with Crippen molar-refractivity contribution >= 4 is 5.69 Å². The molecule has 0 saturated carbocycles. The average Bonchev–Trinajstić information content (AvgIpc) is 2.86. The third kappa shape index (κ3) is 3.25. The van der Waals surface area contributed by atoms with Gasteiger partial charge in [0.15, 0.2) is 0 Å². The molecule has 1 aromatic heterocycles. The summed E-state index contributed by atoms with van der Waals surface area (Å²) < 4.78 is 2.04. The van der Waals surface area contributed by atoms with E-state index in [1.54, 1.807) is 0 Å². The SMILES string of the molecule is CCCNC1CCCN(c2cnn(C(C)C)c2)C1. The third-order valence-corrected chi connectivity index (χ3v) is 3.59. The van der Waals surface area contributed by atoms with Crippen LogP contribution in [0.3, 0.4) is 0 Å². The molecule has 0 spiro atoms. The smallest absolute Gasteiger partial charge is 0.0753 e. The molecule has 2 heterocycles. The number of piperidine rings is 1. The van der Waals surface area contributed by atoms with Gasteiger partial charge < -0.3 is 10.2 Å². The fourth-order valence-corrected chi connectivity index (χ4v) is 2.50. The average molecular weight is 250 g/mol. The molecule has 0 aliphatic carbocycles. The standard InChI is InChI=1S/C14H26N4/c1-4-7-15-13-6-5-8-17(10-13)14-9-16-18(11-14)12(2)3/h9,11-13,15H,4-8,10H2,1-3H3. The van der Waals surface area contributed by atoms with Crippen LogP contribution in [0.1, 0.15) is 46.1 Å². The molecule has 1 fully saturated rings. The minimum Gasteiger partial charge on any atom is -0.367 e. The van der Waals surface area contributed by atoms with Crippen LogP contribution in [0.25, 0.3) is 0 Å². The summed E-state index contributed by atoms with van der Waals surface area (Å²) in [6.07, 6.45) is 7.96. The van der Waals surface area contributed by atoms with Crippen LogP contribution in [0.5, 0.6) is 0 Å². The summed E-state index contributed by atoms with van der Waals surface area (Å²) in [4.78, 5) is 2.46. The summed E-state index contributed by atoms with van der Waals surface area (Å²) in [5.74, 6) is 0. The Morgan fingerprint density at radius 3 is 3.00 bits per heavy atom.